The van der Waals surface area contributed by atoms with E-state index in [4.69, 9.17) is 4.74 Å². The van der Waals surface area contributed by atoms with Gasteiger partial charge in [0.25, 0.3) is 0 Å². The summed E-state index contributed by atoms with van der Waals surface area (Å²) >= 11 is 1.98. The number of fused-ring (bicyclic) bond motifs is 1. The zero-order chi connectivity index (χ0) is 17.8. The van der Waals surface area contributed by atoms with Gasteiger partial charge in [0.1, 0.15) is 5.75 Å². The Kier molecular flexibility index (Phi) is 5.07. The molecular weight excluding hydrogens is 342 g/mol. The third-order valence-electron chi connectivity index (χ3n) is 4.96. The Hall–Kier alpha value is -2.14. The summed E-state index contributed by atoms with van der Waals surface area (Å²) in [6.45, 7) is 1.66. The van der Waals surface area contributed by atoms with E-state index < -0.39 is 0 Å². The number of nitrogens with one attached hydrogen (secondary N) is 2. The Morgan fingerprint density at radius 2 is 1.92 bits per heavy atom. The predicted octanol–water partition coefficient (Wildman–Crippen LogP) is 4.00. The third kappa shape index (κ3) is 3.98. The zero-order valence-corrected chi connectivity index (χ0v) is 15.9. The van der Waals surface area contributed by atoms with Crippen molar-refractivity contribution in [2.75, 3.05) is 20.2 Å². The highest BCUT2D eigenvalue weighted by Gasteiger charge is 2.43. The molecule has 0 aromatic heterocycles. The maximum atomic E-state index is 5.76. The van der Waals surface area contributed by atoms with Crippen molar-refractivity contribution < 1.29 is 4.74 Å². The molecule has 0 radical (unpaired) electrons. The smallest absolute Gasteiger partial charge is 0.191 e. The molecule has 1 fully saturated rings. The van der Waals surface area contributed by atoms with Gasteiger partial charge in [-0.15, -0.1) is 11.8 Å². The number of rotatable bonds is 5. The first-order chi connectivity index (χ1) is 12.8. The quantitative estimate of drug-likeness (QED) is 0.619. The number of thioether (sulfide) groups is 1. The first kappa shape index (κ1) is 17.3. The van der Waals surface area contributed by atoms with Gasteiger partial charge in [-0.1, -0.05) is 36.4 Å². The van der Waals surface area contributed by atoms with E-state index in [2.05, 4.69) is 58.1 Å². The van der Waals surface area contributed by atoms with E-state index in [9.17, 15) is 0 Å². The molecule has 0 amide bonds. The number of para-hydroxylation sites is 1. The van der Waals surface area contributed by atoms with Crippen molar-refractivity contribution in [2.45, 2.75) is 34.9 Å². The lowest BCUT2D eigenvalue weighted by Gasteiger charge is -2.28. The lowest BCUT2D eigenvalue weighted by molar-refractivity contribution is 0.261. The van der Waals surface area contributed by atoms with Crippen LogP contribution in [0.15, 0.2) is 64.5 Å². The Balaban J connectivity index is 1.36. The van der Waals surface area contributed by atoms with E-state index in [1.54, 1.807) is 0 Å². The summed E-state index contributed by atoms with van der Waals surface area (Å²) in [7, 11) is 1.84. The summed E-state index contributed by atoms with van der Waals surface area (Å²) in [5.74, 6) is 1.84. The minimum absolute atomic E-state index is 0.239. The Bertz CT molecular complexity index is 774. The van der Waals surface area contributed by atoms with Crippen molar-refractivity contribution in [3.8, 4) is 5.75 Å². The number of benzene rings is 2. The molecule has 0 saturated heterocycles. The van der Waals surface area contributed by atoms with Crippen LogP contribution in [0.1, 0.15) is 30.9 Å². The van der Waals surface area contributed by atoms with Crippen molar-refractivity contribution in [3.05, 3.63) is 60.2 Å². The van der Waals surface area contributed by atoms with Gasteiger partial charge in [-0.05, 0) is 31.0 Å². The van der Waals surface area contributed by atoms with E-state index >= 15 is 0 Å². The van der Waals surface area contributed by atoms with Gasteiger partial charge in [-0.3, -0.25) is 4.99 Å². The normalized spacial score (nSPS) is 20.7. The van der Waals surface area contributed by atoms with E-state index in [1.165, 1.54) is 23.3 Å². The molecule has 1 heterocycles. The summed E-state index contributed by atoms with van der Waals surface area (Å²) in [4.78, 5) is 5.78. The van der Waals surface area contributed by atoms with Crippen LogP contribution in [-0.2, 0) is 0 Å². The number of hydrogen-bond donors (Lipinski definition) is 2. The number of ether oxygens (including phenoxy) is 1. The average molecular weight is 368 g/mol. The van der Waals surface area contributed by atoms with Crippen LogP contribution in [0.5, 0.6) is 5.75 Å². The minimum Gasteiger partial charge on any atom is -0.493 e. The van der Waals surface area contributed by atoms with Crippen LogP contribution in [-0.4, -0.2) is 30.9 Å². The number of guanidine groups is 1. The highest BCUT2D eigenvalue weighted by atomic mass is 32.2. The summed E-state index contributed by atoms with van der Waals surface area (Å²) in [5, 5.41) is 7.12. The molecule has 0 spiro atoms. The van der Waals surface area contributed by atoms with Crippen molar-refractivity contribution in [2.24, 2.45) is 4.99 Å². The molecule has 136 valence electrons. The summed E-state index contributed by atoms with van der Waals surface area (Å²) in [6.07, 6.45) is 3.44. The summed E-state index contributed by atoms with van der Waals surface area (Å²) < 4.78 is 6.05. The van der Waals surface area contributed by atoms with Gasteiger partial charge in [0.2, 0.25) is 0 Å². The molecule has 1 unspecified atom stereocenters. The van der Waals surface area contributed by atoms with Crippen LogP contribution >= 0.6 is 11.8 Å². The van der Waals surface area contributed by atoms with Crippen LogP contribution in [0, 0.1) is 0 Å². The van der Waals surface area contributed by atoms with Gasteiger partial charge in [0, 0.05) is 35.2 Å². The second-order valence-corrected chi connectivity index (χ2v) is 8.44. The molecule has 5 heteroatoms. The molecule has 4 rings (SSSR count). The molecule has 1 atom stereocenters. The molecule has 2 N–H and O–H groups in total. The highest BCUT2D eigenvalue weighted by Crippen LogP contribution is 2.51. The SMILES string of the molecule is CN=C(NCC1(Sc2ccccc2)CC1)NC1CCOc2ccccc21. The fourth-order valence-electron chi connectivity index (χ4n) is 3.29. The lowest BCUT2D eigenvalue weighted by Crippen LogP contribution is -2.43. The predicted molar refractivity (Wildman–Crippen MR) is 108 cm³/mol. The van der Waals surface area contributed by atoms with Crippen molar-refractivity contribution in [1.82, 2.24) is 10.6 Å². The lowest BCUT2D eigenvalue weighted by atomic mass is 10.0. The van der Waals surface area contributed by atoms with E-state index in [0.29, 0.717) is 4.75 Å². The molecule has 0 bridgehead atoms. The van der Waals surface area contributed by atoms with E-state index in [1.807, 2.05) is 30.9 Å². The van der Waals surface area contributed by atoms with Gasteiger partial charge in [0.05, 0.1) is 12.6 Å². The molecular formula is C21H25N3OS. The summed E-state index contributed by atoms with van der Waals surface area (Å²) in [6, 6.07) is 19.2. The van der Waals surface area contributed by atoms with Crippen LogP contribution in [0.4, 0.5) is 0 Å². The highest BCUT2D eigenvalue weighted by molar-refractivity contribution is 8.01. The van der Waals surface area contributed by atoms with Gasteiger partial charge in [-0.25, -0.2) is 0 Å². The third-order valence-corrected chi connectivity index (χ3v) is 6.45. The first-order valence-electron chi connectivity index (χ1n) is 9.21. The minimum atomic E-state index is 0.239. The van der Waals surface area contributed by atoms with Crippen LogP contribution < -0.4 is 15.4 Å². The number of nitrogens with zero attached hydrogens (tertiary/aromatic N) is 1. The number of aliphatic imine (C=N–C) groups is 1. The van der Waals surface area contributed by atoms with Crippen molar-refractivity contribution in [1.29, 1.82) is 0 Å². The van der Waals surface area contributed by atoms with Crippen LogP contribution in [0.3, 0.4) is 0 Å². The monoisotopic (exact) mass is 367 g/mol. The zero-order valence-electron chi connectivity index (χ0n) is 15.1. The second-order valence-electron chi connectivity index (χ2n) is 6.90. The molecule has 1 aliphatic heterocycles. The van der Waals surface area contributed by atoms with Gasteiger partial charge >= 0.3 is 0 Å². The van der Waals surface area contributed by atoms with Crippen molar-refractivity contribution >= 4 is 17.7 Å². The van der Waals surface area contributed by atoms with Crippen LogP contribution in [0.2, 0.25) is 0 Å². The molecule has 4 nitrogen and oxygen atoms in total. The Morgan fingerprint density at radius 3 is 2.69 bits per heavy atom. The van der Waals surface area contributed by atoms with Gasteiger partial charge < -0.3 is 15.4 Å². The van der Waals surface area contributed by atoms with Gasteiger partial charge in [-0.2, -0.15) is 0 Å². The Morgan fingerprint density at radius 1 is 1.15 bits per heavy atom. The van der Waals surface area contributed by atoms with Crippen LogP contribution in [0.25, 0.3) is 0 Å². The molecule has 2 aromatic carbocycles. The topological polar surface area (TPSA) is 45.7 Å². The fraction of sp³-hybridized carbons (Fsp3) is 0.381. The molecule has 1 saturated carbocycles. The first-order valence-corrected chi connectivity index (χ1v) is 10.0. The van der Waals surface area contributed by atoms with E-state index in [-0.39, 0.29) is 6.04 Å². The second kappa shape index (κ2) is 7.62. The molecule has 2 aromatic rings. The fourth-order valence-corrected chi connectivity index (χ4v) is 4.53. The molecule has 26 heavy (non-hydrogen) atoms. The maximum absolute atomic E-state index is 5.76. The largest absolute Gasteiger partial charge is 0.493 e. The molecule has 1 aliphatic carbocycles. The maximum Gasteiger partial charge on any atom is 0.191 e. The summed E-state index contributed by atoms with van der Waals surface area (Å²) in [5.41, 5.74) is 1.21. The standard InChI is InChI=1S/C21H25N3OS/c1-22-20(24-18-11-14-25-19-10-6-5-9-17(18)19)23-15-21(12-13-21)26-16-7-3-2-4-8-16/h2-10,18H,11-15H2,1H3,(H2,22,23,24). The van der Waals surface area contributed by atoms with Gasteiger partial charge in [0.15, 0.2) is 5.96 Å². The number of hydrogen-bond acceptors (Lipinski definition) is 3. The average Bonchev–Trinajstić information content (AvgIpc) is 3.45. The molecule has 2 aliphatic rings. The van der Waals surface area contributed by atoms with E-state index in [0.717, 1.165) is 31.3 Å². The van der Waals surface area contributed by atoms with Crippen molar-refractivity contribution in [3.63, 3.8) is 0 Å². The Labute approximate surface area is 159 Å².